The number of benzene rings is 1. The van der Waals surface area contributed by atoms with Crippen molar-refractivity contribution < 1.29 is 4.79 Å². The quantitative estimate of drug-likeness (QED) is 0.619. The van der Waals surface area contributed by atoms with Gasteiger partial charge in [0.1, 0.15) is 0 Å². The zero-order chi connectivity index (χ0) is 13.4. The fourth-order valence-corrected chi connectivity index (χ4v) is 1.81. The van der Waals surface area contributed by atoms with E-state index in [1.54, 1.807) is 6.08 Å². The van der Waals surface area contributed by atoms with Crippen molar-refractivity contribution in [2.45, 2.75) is 26.7 Å². The second-order valence-corrected chi connectivity index (χ2v) is 4.33. The zero-order valence-corrected chi connectivity index (χ0v) is 11.2. The van der Waals surface area contributed by atoms with Crippen LogP contribution in [0, 0.1) is 0 Å². The van der Waals surface area contributed by atoms with E-state index in [-0.39, 0.29) is 5.91 Å². The van der Waals surface area contributed by atoms with Gasteiger partial charge in [-0.2, -0.15) is 0 Å². The van der Waals surface area contributed by atoms with E-state index in [0.29, 0.717) is 5.69 Å². The van der Waals surface area contributed by atoms with Crippen LogP contribution in [0.2, 0.25) is 0 Å². The summed E-state index contributed by atoms with van der Waals surface area (Å²) in [5, 5.41) is 0. The topological polar surface area (TPSA) is 46.3 Å². The van der Waals surface area contributed by atoms with Gasteiger partial charge < -0.3 is 10.6 Å². The van der Waals surface area contributed by atoms with E-state index < -0.39 is 0 Å². The largest absolute Gasteiger partial charge is 0.399 e. The number of carbonyl (C=O) groups is 1. The molecule has 18 heavy (non-hydrogen) atoms. The minimum atomic E-state index is 0.0705. The van der Waals surface area contributed by atoms with E-state index in [1.807, 2.05) is 35.2 Å². The minimum Gasteiger partial charge on any atom is -0.399 e. The van der Waals surface area contributed by atoms with E-state index in [0.717, 1.165) is 31.5 Å². The van der Waals surface area contributed by atoms with Crippen molar-refractivity contribution in [2.75, 3.05) is 18.8 Å². The number of hydrogen-bond donors (Lipinski definition) is 1. The van der Waals surface area contributed by atoms with E-state index in [4.69, 9.17) is 5.73 Å². The number of amides is 1. The van der Waals surface area contributed by atoms with Gasteiger partial charge in [-0.05, 0) is 36.6 Å². The molecule has 0 bridgehead atoms. The van der Waals surface area contributed by atoms with Gasteiger partial charge >= 0.3 is 0 Å². The summed E-state index contributed by atoms with van der Waals surface area (Å²) in [5.74, 6) is 0.0705. The predicted molar refractivity (Wildman–Crippen MR) is 77.1 cm³/mol. The third-order valence-electron chi connectivity index (χ3n) is 2.63. The third kappa shape index (κ3) is 4.62. The molecule has 0 aliphatic rings. The minimum absolute atomic E-state index is 0.0705. The van der Waals surface area contributed by atoms with Gasteiger partial charge in [0.2, 0.25) is 5.91 Å². The lowest BCUT2D eigenvalue weighted by Crippen LogP contribution is -2.30. The molecule has 3 nitrogen and oxygen atoms in total. The van der Waals surface area contributed by atoms with Gasteiger partial charge in [0.25, 0.3) is 0 Å². The summed E-state index contributed by atoms with van der Waals surface area (Å²) in [5.41, 5.74) is 7.36. The lowest BCUT2D eigenvalue weighted by atomic mass is 10.2. The van der Waals surface area contributed by atoms with Gasteiger partial charge in [-0.15, -0.1) is 0 Å². The first-order valence-corrected chi connectivity index (χ1v) is 6.50. The summed E-state index contributed by atoms with van der Waals surface area (Å²) in [4.78, 5) is 13.9. The standard InChI is InChI=1S/C15H22N2O/c1-3-10-17(11-4-2)15(18)9-8-13-6-5-7-14(16)12-13/h5-9,12H,3-4,10-11,16H2,1-2H3/b9-8+. The Morgan fingerprint density at radius 3 is 2.50 bits per heavy atom. The summed E-state index contributed by atoms with van der Waals surface area (Å²) in [6.45, 7) is 5.79. The molecule has 2 N–H and O–H groups in total. The highest BCUT2D eigenvalue weighted by molar-refractivity contribution is 5.91. The van der Waals surface area contributed by atoms with Crippen molar-refractivity contribution in [1.82, 2.24) is 4.90 Å². The fraction of sp³-hybridized carbons (Fsp3) is 0.400. The third-order valence-corrected chi connectivity index (χ3v) is 2.63. The van der Waals surface area contributed by atoms with Crippen molar-refractivity contribution in [3.63, 3.8) is 0 Å². The molecular weight excluding hydrogens is 224 g/mol. The van der Waals surface area contributed by atoms with Gasteiger partial charge in [0.15, 0.2) is 0 Å². The first-order chi connectivity index (χ1) is 8.67. The SMILES string of the molecule is CCCN(CCC)C(=O)/C=C/c1cccc(N)c1. The molecule has 98 valence electrons. The van der Waals surface area contributed by atoms with E-state index in [9.17, 15) is 4.79 Å². The highest BCUT2D eigenvalue weighted by Crippen LogP contribution is 2.08. The molecule has 0 spiro atoms. The molecule has 0 fully saturated rings. The Hall–Kier alpha value is -1.77. The van der Waals surface area contributed by atoms with Crippen LogP contribution in [0.4, 0.5) is 5.69 Å². The molecule has 1 aromatic rings. The second kappa shape index (κ2) is 7.54. The van der Waals surface area contributed by atoms with Crippen molar-refractivity contribution in [1.29, 1.82) is 0 Å². The van der Waals surface area contributed by atoms with Crippen LogP contribution in [0.15, 0.2) is 30.3 Å². The molecule has 0 saturated heterocycles. The average Bonchev–Trinajstić information content (AvgIpc) is 2.36. The maximum Gasteiger partial charge on any atom is 0.246 e. The monoisotopic (exact) mass is 246 g/mol. The van der Waals surface area contributed by atoms with Crippen molar-refractivity contribution >= 4 is 17.7 Å². The molecule has 0 heterocycles. The number of nitrogen functional groups attached to an aromatic ring is 1. The Labute approximate surface area is 109 Å². The Bertz CT molecular complexity index is 407. The smallest absolute Gasteiger partial charge is 0.246 e. The molecule has 0 aliphatic heterocycles. The number of nitrogens with two attached hydrogens (primary N) is 1. The molecule has 0 aliphatic carbocycles. The van der Waals surface area contributed by atoms with Gasteiger partial charge in [0, 0.05) is 24.9 Å². The number of hydrogen-bond acceptors (Lipinski definition) is 2. The first-order valence-electron chi connectivity index (χ1n) is 6.50. The van der Waals surface area contributed by atoms with Gasteiger partial charge in [0.05, 0.1) is 0 Å². The van der Waals surface area contributed by atoms with Crippen LogP contribution >= 0.6 is 0 Å². The molecule has 0 unspecified atom stereocenters. The Morgan fingerprint density at radius 1 is 1.28 bits per heavy atom. The molecule has 0 saturated carbocycles. The highest BCUT2D eigenvalue weighted by atomic mass is 16.2. The molecule has 0 atom stereocenters. The second-order valence-electron chi connectivity index (χ2n) is 4.33. The lowest BCUT2D eigenvalue weighted by molar-refractivity contribution is -0.126. The molecule has 1 rings (SSSR count). The number of anilines is 1. The molecule has 0 aromatic heterocycles. The zero-order valence-electron chi connectivity index (χ0n) is 11.2. The molecule has 0 radical (unpaired) electrons. The molecule has 3 heteroatoms. The fourth-order valence-electron chi connectivity index (χ4n) is 1.81. The van der Waals surface area contributed by atoms with E-state index in [2.05, 4.69) is 13.8 Å². The number of carbonyl (C=O) groups excluding carboxylic acids is 1. The van der Waals surface area contributed by atoms with Gasteiger partial charge in [-0.3, -0.25) is 4.79 Å². The molecular formula is C15H22N2O. The summed E-state index contributed by atoms with van der Waals surface area (Å²) in [6.07, 6.45) is 5.41. The number of nitrogens with zero attached hydrogens (tertiary/aromatic N) is 1. The van der Waals surface area contributed by atoms with E-state index >= 15 is 0 Å². The normalized spacial score (nSPS) is 10.8. The number of rotatable bonds is 6. The van der Waals surface area contributed by atoms with Gasteiger partial charge in [-0.1, -0.05) is 26.0 Å². The van der Waals surface area contributed by atoms with Gasteiger partial charge in [-0.25, -0.2) is 0 Å². The summed E-state index contributed by atoms with van der Waals surface area (Å²) >= 11 is 0. The maximum absolute atomic E-state index is 12.0. The summed E-state index contributed by atoms with van der Waals surface area (Å²) in [7, 11) is 0. The Balaban J connectivity index is 2.67. The molecule has 1 aromatic carbocycles. The van der Waals surface area contributed by atoms with Crippen LogP contribution in [0.25, 0.3) is 6.08 Å². The lowest BCUT2D eigenvalue weighted by Gasteiger charge is -2.19. The van der Waals surface area contributed by atoms with Crippen molar-refractivity contribution in [3.05, 3.63) is 35.9 Å². The van der Waals surface area contributed by atoms with Crippen LogP contribution in [-0.2, 0) is 4.79 Å². The van der Waals surface area contributed by atoms with Crippen molar-refractivity contribution in [3.8, 4) is 0 Å². The summed E-state index contributed by atoms with van der Waals surface area (Å²) in [6, 6.07) is 7.51. The maximum atomic E-state index is 12.0. The van der Waals surface area contributed by atoms with Crippen LogP contribution in [0.1, 0.15) is 32.3 Å². The van der Waals surface area contributed by atoms with Crippen LogP contribution in [-0.4, -0.2) is 23.9 Å². The molecule has 1 amide bonds. The Kier molecular flexibility index (Phi) is 5.98. The Morgan fingerprint density at radius 2 is 1.94 bits per heavy atom. The van der Waals surface area contributed by atoms with Crippen LogP contribution < -0.4 is 5.73 Å². The van der Waals surface area contributed by atoms with Crippen LogP contribution in [0.3, 0.4) is 0 Å². The highest BCUT2D eigenvalue weighted by Gasteiger charge is 2.07. The van der Waals surface area contributed by atoms with Crippen LogP contribution in [0.5, 0.6) is 0 Å². The van der Waals surface area contributed by atoms with Crippen molar-refractivity contribution in [2.24, 2.45) is 0 Å². The average molecular weight is 246 g/mol. The summed E-state index contributed by atoms with van der Waals surface area (Å²) < 4.78 is 0. The first kappa shape index (κ1) is 14.3. The van der Waals surface area contributed by atoms with E-state index in [1.165, 1.54) is 0 Å². The predicted octanol–water partition coefficient (Wildman–Crippen LogP) is 2.93.